The van der Waals surface area contributed by atoms with Crippen LogP contribution in [0.1, 0.15) is 91.7 Å². The Morgan fingerprint density at radius 1 is 0.837 bits per heavy atom. The topological polar surface area (TPSA) is 52.1 Å². The molecule has 0 saturated heterocycles. The van der Waals surface area contributed by atoms with Crippen LogP contribution < -0.4 is 0 Å². The number of aromatic nitrogens is 2. The van der Waals surface area contributed by atoms with Crippen LogP contribution in [-0.2, 0) is 29.0 Å². The van der Waals surface area contributed by atoms with Gasteiger partial charge in [0, 0.05) is 30.2 Å². The summed E-state index contributed by atoms with van der Waals surface area (Å²) in [5.41, 5.74) is 4.45. The molecule has 0 bridgehead atoms. The van der Waals surface area contributed by atoms with E-state index in [4.69, 9.17) is 9.72 Å². The minimum absolute atomic E-state index is 0.138. The molecule has 0 saturated carbocycles. The number of carbonyl (C=O) groups excluding carboxylic acids is 1. The smallest absolute Gasteiger partial charge is 0.155 e. The van der Waals surface area contributed by atoms with E-state index in [1.807, 2.05) is 35.7 Å². The molecule has 0 spiro atoms. The lowest BCUT2D eigenvalue weighted by Crippen LogP contribution is -1.94. The number of hydrogen-bond acceptors (Lipinski definition) is 6. The number of hydrogen-bond donors (Lipinski definition) is 0. The maximum atomic E-state index is 12.4. The average Bonchev–Trinajstić information content (AvgIpc) is 3.66. The van der Waals surface area contributed by atoms with Crippen molar-refractivity contribution in [3.63, 3.8) is 0 Å². The van der Waals surface area contributed by atoms with Crippen molar-refractivity contribution in [1.82, 2.24) is 9.97 Å². The molecule has 43 heavy (non-hydrogen) atoms. The Labute approximate surface area is 266 Å². The molecular formula is C37H46N2O2S2. The summed E-state index contributed by atoms with van der Waals surface area (Å²) >= 11 is 3.34. The number of rotatable bonds is 22. The van der Waals surface area contributed by atoms with Gasteiger partial charge >= 0.3 is 0 Å². The third-order valence-electron chi connectivity index (χ3n) is 6.66. The van der Waals surface area contributed by atoms with Gasteiger partial charge in [-0.15, -0.1) is 29.3 Å². The summed E-state index contributed by atoms with van der Waals surface area (Å²) in [6.45, 7) is 7.37. The van der Waals surface area contributed by atoms with Crippen LogP contribution in [0.4, 0.5) is 0 Å². The number of allylic oxidation sites excluding steroid dienone is 7. The largest absolute Gasteiger partial charge is 0.377 e. The molecule has 6 heteroatoms. The van der Waals surface area contributed by atoms with Crippen molar-refractivity contribution in [1.29, 1.82) is 0 Å². The Morgan fingerprint density at radius 2 is 1.56 bits per heavy atom. The molecule has 0 atom stereocenters. The lowest BCUT2D eigenvalue weighted by atomic mass is 10.1. The van der Waals surface area contributed by atoms with Gasteiger partial charge in [-0.2, -0.15) is 0 Å². The van der Waals surface area contributed by atoms with E-state index >= 15 is 0 Å². The van der Waals surface area contributed by atoms with Crippen molar-refractivity contribution >= 4 is 40.6 Å². The minimum atomic E-state index is 0.138. The lowest BCUT2D eigenvalue weighted by molar-refractivity contribution is -0.114. The number of benzene rings is 1. The van der Waals surface area contributed by atoms with Gasteiger partial charge in [0.25, 0.3) is 0 Å². The molecular weight excluding hydrogens is 569 g/mol. The molecule has 1 aromatic carbocycles. The molecule has 0 unspecified atom stereocenters. The van der Waals surface area contributed by atoms with Gasteiger partial charge in [-0.25, -0.2) is 9.97 Å². The van der Waals surface area contributed by atoms with Crippen LogP contribution in [0.5, 0.6) is 0 Å². The highest BCUT2D eigenvalue weighted by molar-refractivity contribution is 7.10. The van der Waals surface area contributed by atoms with Crippen LogP contribution in [-0.4, -0.2) is 22.4 Å². The fourth-order valence-electron chi connectivity index (χ4n) is 4.29. The molecule has 0 amide bonds. The molecule has 3 rings (SSSR count). The van der Waals surface area contributed by atoms with Crippen molar-refractivity contribution in [2.45, 2.75) is 84.2 Å². The molecule has 0 aliphatic rings. The van der Waals surface area contributed by atoms with Gasteiger partial charge in [0.15, 0.2) is 5.78 Å². The number of ether oxygens (including phenoxy) is 1. The monoisotopic (exact) mass is 614 g/mol. The Bertz CT molecular complexity index is 1330. The van der Waals surface area contributed by atoms with E-state index in [1.165, 1.54) is 11.1 Å². The normalized spacial score (nSPS) is 12.3. The quantitative estimate of drug-likeness (QED) is 0.0642. The van der Waals surface area contributed by atoms with E-state index < -0.39 is 0 Å². The lowest BCUT2D eigenvalue weighted by Gasteiger charge is -2.02. The van der Waals surface area contributed by atoms with Gasteiger partial charge in [-0.05, 0) is 88.5 Å². The Balaban J connectivity index is 1.24. The standard InChI is InChI=1S/C37H46N2O2S2/c1-3-4-5-6-8-12-18-31(2)27-34-30-43-37(39-34)23-17-21-35(40)25-24-33-29-42-36(38-33)22-15-9-7-10-16-26-41-28-32-19-13-11-14-20-32/h3,6-9,11,13-14,19-20,24-25,27,29-30H,1,4-5,10,12,15-18,21-23,26,28H2,2H3/b8-6+,9-7+,25-24+,31-27+. The highest BCUT2D eigenvalue weighted by Gasteiger charge is 2.04. The predicted molar refractivity (Wildman–Crippen MR) is 185 cm³/mol. The number of ketones is 1. The van der Waals surface area contributed by atoms with E-state index in [0.717, 1.165) is 92.2 Å². The third-order valence-corrected chi connectivity index (χ3v) is 8.51. The molecule has 2 aromatic heterocycles. The average molecular weight is 615 g/mol. The van der Waals surface area contributed by atoms with Crippen LogP contribution in [0.3, 0.4) is 0 Å². The van der Waals surface area contributed by atoms with Crippen molar-refractivity contribution in [3.8, 4) is 0 Å². The fraction of sp³-hybridized carbons (Fsp3) is 0.378. The van der Waals surface area contributed by atoms with Crippen molar-refractivity contribution in [2.24, 2.45) is 0 Å². The maximum Gasteiger partial charge on any atom is 0.155 e. The zero-order valence-electron chi connectivity index (χ0n) is 25.6. The molecule has 0 fully saturated rings. The van der Waals surface area contributed by atoms with Gasteiger partial charge in [0.05, 0.1) is 28.0 Å². The molecule has 2 heterocycles. The van der Waals surface area contributed by atoms with Gasteiger partial charge in [0.1, 0.15) is 0 Å². The Morgan fingerprint density at radius 3 is 2.40 bits per heavy atom. The third kappa shape index (κ3) is 15.7. The summed E-state index contributed by atoms with van der Waals surface area (Å²) in [6.07, 6.45) is 26.9. The highest BCUT2D eigenvalue weighted by atomic mass is 32.1. The van der Waals surface area contributed by atoms with Crippen LogP contribution in [0.2, 0.25) is 0 Å². The second kappa shape index (κ2) is 21.5. The summed E-state index contributed by atoms with van der Waals surface area (Å²) in [5, 5.41) is 6.33. The fourth-order valence-corrected chi connectivity index (χ4v) is 5.87. The van der Waals surface area contributed by atoms with Crippen molar-refractivity contribution in [3.05, 3.63) is 117 Å². The first-order valence-electron chi connectivity index (χ1n) is 15.4. The van der Waals surface area contributed by atoms with Crippen LogP contribution in [0, 0.1) is 0 Å². The van der Waals surface area contributed by atoms with Gasteiger partial charge in [-0.3, -0.25) is 4.79 Å². The number of nitrogens with zero attached hydrogens (tertiary/aromatic N) is 2. The molecule has 228 valence electrons. The maximum absolute atomic E-state index is 12.4. The Hall–Kier alpha value is -3.19. The van der Waals surface area contributed by atoms with E-state index in [9.17, 15) is 4.79 Å². The van der Waals surface area contributed by atoms with E-state index in [0.29, 0.717) is 13.0 Å². The summed E-state index contributed by atoms with van der Waals surface area (Å²) in [4.78, 5) is 21.8. The first-order chi connectivity index (χ1) is 21.1. The second-order valence-corrected chi connectivity index (χ2v) is 12.4. The van der Waals surface area contributed by atoms with Crippen molar-refractivity contribution < 1.29 is 9.53 Å². The molecule has 0 radical (unpaired) electrons. The number of carbonyl (C=O) groups is 1. The first kappa shape index (κ1) is 34.3. The molecule has 0 N–H and O–H groups in total. The van der Waals surface area contributed by atoms with Crippen LogP contribution >= 0.6 is 22.7 Å². The number of thiazole rings is 2. The zero-order chi connectivity index (χ0) is 30.4. The van der Waals surface area contributed by atoms with Crippen molar-refractivity contribution in [2.75, 3.05) is 6.61 Å². The molecule has 0 aliphatic carbocycles. The number of unbranched alkanes of at least 4 members (excludes halogenated alkanes) is 2. The zero-order valence-corrected chi connectivity index (χ0v) is 27.2. The van der Waals surface area contributed by atoms with Crippen LogP contribution in [0.15, 0.2) is 89.7 Å². The van der Waals surface area contributed by atoms with Gasteiger partial charge in [0.2, 0.25) is 0 Å². The summed E-state index contributed by atoms with van der Waals surface area (Å²) < 4.78 is 5.73. The summed E-state index contributed by atoms with van der Waals surface area (Å²) in [5.74, 6) is 0.138. The second-order valence-electron chi connectivity index (χ2n) is 10.5. The molecule has 0 aliphatic heterocycles. The van der Waals surface area contributed by atoms with E-state index in [-0.39, 0.29) is 5.78 Å². The minimum Gasteiger partial charge on any atom is -0.377 e. The summed E-state index contributed by atoms with van der Waals surface area (Å²) in [6, 6.07) is 10.3. The van der Waals surface area contributed by atoms with Crippen LogP contribution in [0.25, 0.3) is 12.2 Å². The molecule has 3 aromatic rings. The number of aryl methyl sites for hydroxylation is 2. The highest BCUT2D eigenvalue weighted by Crippen LogP contribution is 2.18. The van der Waals surface area contributed by atoms with Gasteiger partial charge < -0.3 is 4.74 Å². The Kier molecular flexibility index (Phi) is 17.1. The van der Waals surface area contributed by atoms with Gasteiger partial charge in [-0.1, -0.05) is 66.3 Å². The predicted octanol–water partition coefficient (Wildman–Crippen LogP) is 10.4. The van der Waals surface area contributed by atoms with E-state index in [1.54, 1.807) is 28.7 Å². The molecule has 4 nitrogen and oxygen atoms in total. The van der Waals surface area contributed by atoms with E-state index in [2.05, 4.69) is 66.4 Å². The SMILES string of the molecule is C=CCC/C=C/CC/C(C)=C/c1csc(CCCC(=O)/C=C/c2csc(CC/C=C/CCCOCc3ccccc3)n2)n1. The first-order valence-corrected chi connectivity index (χ1v) is 17.2. The summed E-state index contributed by atoms with van der Waals surface area (Å²) in [7, 11) is 0.